The van der Waals surface area contributed by atoms with E-state index >= 15 is 0 Å². The molecule has 0 saturated heterocycles. The third-order valence-corrected chi connectivity index (χ3v) is 1.72. The van der Waals surface area contributed by atoms with Gasteiger partial charge in [-0.3, -0.25) is 4.79 Å². The fourth-order valence-corrected chi connectivity index (χ4v) is 0.792. The lowest BCUT2D eigenvalue weighted by Crippen LogP contribution is -2.22. The molecular formula is C13H20O2. The first-order chi connectivity index (χ1) is 6.98. The van der Waals surface area contributed by atoms with Crippen LogP contribution in [-0.2, 0) is 9.53 Å². The largest absolute Gasteiger partial charge is 0.452 e. The molecule has 0 aromatic heterocycles. The minimum atomic E-state index is -0.440. The molecule has 0 fully saturated rings. The number of carbonyl (C=O) groups is 1. The van der Waals surface area contributed by atoms with E-state index in [1.165, 1.54) is 0 Å². The molecule has 0 rings (SSSR count). The summed E-state index contributed by atoms with van der Waals surface area (Å²) in [6, 6.07) is 0. The fourth-order valence-electron chi connectivity index (χ4n) is 0.792. The minimum absolute atomic E-state index is 0.199. The van der Waals surface area contributed by atoms with Gasteiger partial charge in [0.2, 0.25) is 0 Å². The van der Waals surface area contributed by atoms with E-state index in [4.69, 9.17) is 4.74 Å². The molecule has 0 heterocycles. The van der Waals surface area contributed by atoms with Crippen LogP contribution in [0.3, 0.4) is 0 Å². The summed E-state index contributed by atoms with van der Waals surface area (Å²) in [5.74, 6) is 5.57. The van der Waals surface area contributed by atoms with Crippen molar-refractivity contribution in [1.82, 2.24) is 0 Å². The second-order valence-corrected chi connectivity index (χ2v) is 4.36. The van der Waals surface area contributed by atoms with Crippen LogP contribution in [0.2, 0.25) is 0 Å². The quantitative estimate of drug-likeness (QED) is 0.307. The van der Waals surface area contributed by atoms with E-state index in [0.717, 1.165) is 19.3 Å². The van der Waals surface area contributed by atoms with Gasteiger partial charge in [0.1, 0.15) is 0 Å². The van der Waals surface area contributed by atoms with E-state index in [1.54, 1.807) is 0 Å². The molecule has 0 aromatic carbocycles. The Morgan fingerprint density at radius 2 is 2.07 bits per heavy atom. The van der Waals surface area contributed by atoms with Crippen LogP contribution in [0, 0.1) is 17.3 Å². The van der Waals surface area contributed by atoms with Crippen LogP contribution in [0.1, 0.15) is 40.0 Å². The molecule has 0 aromatic rings. The molecule has 2 heteroatoms. The fraction of sp³-hybridized carbons (Fsp3) is 0.615. The van der Waals surface area contributed by atoms with Crippen molar-refractivity contribution in [3.05, 3.63) is 12.7 Å². The second kappa shape index (κ2) is 7.11. The summed E-state index contributed by atoms with van der Waals surface area (Å²) in [5.41, 5.74) is -0.440. The Morgan fingerprint density at radius 1 is 1.40 bits per heavy atom. The van der Waals surface area contributed by atoms with Crippen LogP contribution in [-0.4, -0.2) is 12.6 Å². The third kappa shape index (κ3) is 7.81. The molecule has 0 unspecified atom stereocenters. The summed E-state index contributed by atoms with van der Waals surface area (Å²) in [6.45, 7) is 9.30. The smallest absolute Gasteiger partial charge is 0.312 e. The first kappa shape index (κ1) is 13.8. The molecule has 0 bridgehead atoms. The predicted octanol–water partition coefficient (Wildman–Crippen LogP) is 2.94. The van der Waals surface area contributed by atoms with Crippen LogP contribution < -0.4 is 0 Å². The Labute approximate surface area is 92.7 Å². The SMILES string of the molecule is C=CCCCC#CCOC(=O)C(C)(C)C. The van der Waals surface area contributed by atoms with Gasteiger partial charge in [-0.1, -0.05) is 17.9 Å². The van der Waals surface area contributed by atoms with E-state index in [2.05, 4.69) is 18.4 Å². The van der Waals surface area contributed by atoms with Gasteiger partial charge in [-0.05, 0) is 33.6 Å². The molecule has 0 amide bonds. The van der Waals surface area contributed by atoms with E-state index in [1.807, 2.05) is 26.8 Å². The Hall–Kier alpha value is -1.23. The lowest BCUT2D eigenvalue weighted by molar-refractivity contribution is -0.151. The van der Waals surface area contributed by atoms with Crippen LogP contribution in [0.4, 0.5) is 0 Å². The van der Waals surface area contributed by atoms with Gasteiger partial charge >= 0.3 is 5.97 Å². The van der Waals surface area contributed by atoms with Crippen LogP contribution in [0.15, 0.2) is 12.7 Å². The molecule has 2 nitrogen and oxygen atoms in total. The highest BCUT2D eigenvalue weighted by Gasteiger charge is 2.22. The molecule has 0 saturated carbocycles. The van der Waals surface area contributed by atoms with Crippen molar-refractivity contribution < 1.29 is 9.53 Å². The van der Waals surface area contributed by atoms with E-state index in [0.29, 0.717) is 0 Å². The zero-order chi connectivity index (χ0) is 11.7. The maximum atomic E-state index is 11.3. The van der Waals surface area contributed by atoms with Gasteiger partial charge in [0.05, 0.1) is 5.41 Å². The maximum absolute atomic E-state index is 11.3. The molecule has 0 N–H and O–H groups in total. The van der Waals surface area contributed by atoms with E-state index < -0.39 is 5.41 Å². The van der Waals surface area contributed by atoms with Gasteiger partial charge in [-0.25, -0.2) is 0 Å². The average molecular weight is 208 g/mol. The van der Waals surface area contributed by atoms with Crippen molar-refractivity contribution in [1.29, 1.82) is 0 Å². The van der Waals surface area contributed by atoms with Crippen molar-refractivity contribution in [2.75, 3.05) is 6.61 Å². The van der Waals surface area contributed by atoms with Gasteiger partial charge in [0.25, 0.3) is 0 Å². The molecule has 0 radical (unpaired) electrons. The van der Waals surface area contributed by atoms with Crippen LogP contribution in [0.25, 0.3) is 0 Å². The van der Waals surface area contributed by atoms with Crippen molar-refractivity contribution in [2.45, 2.75) is 40.0 Å². The van der Waals surface area contributed by atoms with Gasteiger partial charge in [0, 0.05) is 6.42 Å². The number of carbonyl (C=O) groups excluding carboxylic acids is 1. The summed E-state index contributed by atoms with van der Waals surface area (Å²) < 4.78 is 4.98. The number of esters is 1. The Balaban J connectivity index is 3.61. The summed E-state index contributed by atoms with van der Waals surface area (Å²) in [7, 11) is 0. The summed E-state index contributed by atoms with van der Waals surface area (Å²) >= 11 is 0. The Kier molecular flexibility index (Phi) is 6.53. The highest BCUT2D eigenvalue weighted by molar-refractivity contribution is 5.75. The molecule has 15 heavy (non-hydrogen) atoms. The highest BCUT2D eigenvalue weighted by Crippen LogP contribution is 2.14. The zero-order valence-corrected chi connectivity index (χ0v) is 9.93. The van der Waals surface area contributed by atoms with Crippen molar-refractivity contribution in [3.63, 3.8) is 0 Å². The lowest BCUT2D eigenvalue weighted by Gasteiger charge is -2.14. The van der Waals surface area contributed by atoms with Gasteiger partial charge in [-0.2, -0.15) is 0 Å². The number of hydrogen-bond donors (Lipinski definition) is 0. The number of hydrogen-bond acceptors (Lipinski definition) is 2. The first-order valence-corrected chi connectivity index (χ1v) is 5.22. The second-order valence-electron chi connectivity index (χ2n) is 4.36. The minimum Gasteiger partial charge on any atom is -0.452 e. The molecule has 0 atom stereocenters. The van der Waals surface area contributed by atoms with Crippen LogP contribution >= 0.6 is 0 Å². The van der Waals surface area contributed by atoms with Gasteiger partial charge in [-0.15, -0.1) is 6.58 Å². The molecule has 0 spiro atoms. The Bertz CT molecular complexity index is 260. The van der Waals surface area contributed by atoms with Gasteiger partial charge < -0.3 is 4.74 Å². The number of allylic oxidation sites excluding steroid dienone is 1. The first-order valence-electron chi connectivity index (χ1n) is 5.22. The molecule has 0 aliphatic carbocycles. The normalized spacial score (nSPS) is 10.1. The Morgan fingerprint density at radius 3 is 2.60 bits per heavy atom. The number of unbranched alkanes of at least 4 members (excludes halogenated alkanes) is 2. The van der Waals surface area contributed by atoms with Gasteiger partial charge in [0.15, 0.2) is 6.61 Å². The topological polar surface area (TPSA) is 26.3 Å². The lowest BCUT2D eigenvalue weighted by atomic mass is 9.97. The average Bonchev–Trinajstić information content (AvgIpc) is 2.14. The van der Waals surface area contributed by atoms with E-state index in [9.17, 15) is 4.79 Å². The number of ether oxygens (including phenoxy) is 1. The van der Waals surface area contributed by atoms with Crippen molar-refractivity contribution in [3.8, 4) is 11.8 Å². The molecule has 84 valence electrons. The molecule has 0 aliphatic rings. The zero-order valence-electron chi connectivity index (χ0n) is 9.93. The highest BCUT2D eigenvalue weighted by atomic mass is 16.5. The van der Waals surface area contributed by atoms with Crippen molar-refractivity contribution >= 4 is 5.97 Å². The third-order valence-electron chi connectivity index (χ3n) is 1.72. The monoisotopic (exact) mass is 208 g/mol. The maximum Gasteiger partial charge on any atom is 0.312 e. The summed E-state index contributed by atoms with van der Waals surface area (Å²) in [6.07, 6.45) is 4.71. The molecular weight excluding hydrogens is 188 g/mol. The predicted molar refractivity (Wildman–Crippen MR) is 62.2 cm³/mol. The van der Waals surface area contributed by atoms with Crippen LogP contribution in [0.5, 0.6) is 0 Å². The number of rotatable bonds is 4. The molecule has 0 aliphatic heterocycles. The summed E-state index contributed by atoms with van der Waals surface area (Å²) in [5, 5.41) is 0. The standard InChI is InChI=1S/C13H20O2/c1-5-6-7-8-9-10-11-15-12(14)13(2,3)4/h5H,1,6-8,11H2,2-4H3. The summed E-state index contributed by atoms with van der Waals surface area (Å²) in [4.78, 5) is 11.3. The van der Waals surface area contributed by atoms with E-state index in [-0.39, 0.29) is 12.6 Å². The van der Waals surface area contributed by atoms with Crippen molar-refractivity contribution in [2.24, 2.45) is 5.41 Å².